The SMILES string of the molecule is Cc1ccc(NC(=O)c2cc(C(C)C)cnn2)cc1-c1ccnc(-c2ccnc(NC(=O)C3CC3)c2)c1. The van der Waals surface area contributed by atoms with Gasteiger partial charge in [0.2, 0.25) is 5.91 Å². The maximum Gasteiger partial charge on any atom is 0.276 e. The molecule has 0 atom stereocenters. The van der Waals surface area contributed by atoms with Crippen LogP contribution in [0.4, 0.5) is 11.5 Å². The van der Waals surface area contributed by atoms with Gasteiger partial charge in [0.15, 0.2) is 5.69 Å². The molecular formula is C29H28N6O2. The standard InChI is InChI=1S/C29H28N6O2/c1-17(2)22-13-26(35-32-16-22)29(37)33-23-7-4-18(3)24(15-23)20-8-10-30-25(12-20)21-9-11-31-27(14-21)34-28(36)19-5-6-19/h4,7-17,19H,5-6H2,1-3H3,(H,33,37)(H,31,34,36). The normalized spacial score (nSPS) is 12.9. The molecule has 0 spiro atoms. The monoisotopic (exact) mass is 492 g/mol. The number of carbonyl (C=O) groups is 2. The molecule has 0 saturated heterocycles. The third-order valence-corrected chi connectivity index (χ3v) is 6.40. The quantitative estimate of drug-likeness (QED) is 0.346. The molecule has 0 bridgehead atoms. The molecule has 0 unspecified atom stereocenters. The highest BCUT2D eigenvalue weighted by Crippen LogP contribution is 2.32. The van der Waals surface area contributed by atoms with Gasteiger partial charge in [-0.15, -0.1) is 5.10 Å². The zero-order valence-corrected chi connectivity index (χ0v) is 21.0. The number of amides is 2. The highest BCUT2D eigenvalue weighted by molar-refractivity contribution is 6.03. The molecule has 0 radical (unpaired) electrons. The Balaban J connectivity index is 1.39. The Labute approximate surface area is 215 Å². The number of carbonyl (C=O) groups excluding carboxylic acids is 2. The first-order chi connectivity index (χ1) is 17.9. The van der Waals surface area contributed by atoms with E-state index in [1.807, 2.05) is 63.2 Å². The van der Waals surface area contributed by atoms with Crippen LogP contribution >= 0.6 is 0 Å². The van der Waals surface area contributed by atoms with Crippen LogP contribution in [-0.2, 0) is 4.79 Å². The van der Waals surface area contributed by atoms with Crippen molar-refractivity contribution in [3.8, 4) is 22.4 Å². The number of hydrogen-bond acceptors (Lipinski definition) is 6. The smallest absolute Gasteiger partial charge is 0.276 e. The van der Waals surface area contributed by atoms with Gasteiger partial charge in [-0.25, -0.2) is 4.98 Å². The Morgan fingerprint density at radius 2 is 1.70 bits per heavy atom. The molecule has 5 rings (SSSR count). The molecule has 37 heavy (non-hydrogen) atoms. The van der Waals surface area contributed by atoms with Crippen LogP contribution in [0.2, 0.25) is 0 Å². The number of benzene rings is 1. The van der Waals surface area contributed by atoms with Gasteiger partial charge in [0, 0.05) is 29.6 Å². The number of nitrogens with zero attached hydrogens (tertiary/aromatic N) is 4. The van der Waals surface area contributed by atoms with Crippen LogP contribution in [0.15, 0.2) is 67.1 Å². The molecule has 1 aliphatic carbocycles. The van der Waals surface area contributed by atoms with Crippen molar-refractivity contribution in [2.75, 3.05) is 10.6 Å². The lowest BCUT2D eigenvalue weighted by molar-refractivity contribution is -0.117. The lowest BCUT2D eigenvalue weighted by atomic mass is 9.99. The minimum Gasteiger partial charge on any atom is -0.321 e. The summed E-state index contributed by atoms with van der Waals surface area (Å²) in [6.45, 7) is 6.12. The van der Waals surface area contributed by atoms with Crippen molar-refractivity contribution >= 4 is 23.3 Å². The van der Waals surface area contributed by atoms with E-state index < -0.39 is 0 Å². The molecular weight excluding hydrogens is 464 g/mol. The van der Waals surface area contributed by atoms with Crippen molar-refractivity contribution in [2.45, 2.75) is 39.5 Å². The van der Waals surface area contributed by atoms with Gasteiger partial charge in [-0.1, -0.05) is 19.9 Å². The summed E-state index contributed by atoms with van der Waals surface area (Å²) >= 11 is 0. The van der Waals surface area contributed by atoms with Gasteiger partial charge in [0.05, 0.1) is 11.9 Å². The third kappa shape index (κ3) is 5.69. The van der Waals surface area contributed by atoms with Crippen LogP contribution in [-0.4, -0.2) is 32.0 Å². The molecule has 0 aliphatic heterocycles. The number of pyridine rings is 2. The molecule has 3 aromatic heterocycles. The van der Waals surface area contributed by atoms with Gasteiger partial charge in [0.25, 0.3) is 5.91 Å². The average molecular weight is 493 g/mol. The number of aryl methyl sites for hydroxylation is 1. The van der Waals surface area contributed by atoms with Crippen molar-refractivity contribution in [2.24, 2.45) is 5.92 Å². The molecule has 8 heteroatoms. The Morgan fingerprint density at radius 1 is 0.919 bits per heavy atom. The molecule has 4 aromatic rings. The van der Waals surface area contributed by atoms with Crippen molar-refractivity contribution in [3.63, 3.8) is 0 Å². The van der Waals surface area contributed by atoms with Gasteiger partial charge >= 0.3 is 0 Å². The number of anilines is 2. The summed E-state index contributed by atoms with van der Waals surface area (Å²) in [5, 5.41) is 13.8. The van der Waals surface area contributed by atoms with Gasteiger partial charge < -0.3 is 10.6 Å². The van der Waals surface area contributed by atoms with Crippen LogP contribution < -0.4 is 10.6 Å². The Bertz CT molecular complexity index is 1480. The van der Waals surface area contributed by atoms with E-state index in [1.165, 1.54) is 0 Å². The number of hydrogen-bond donors (Lipinski definition) is 2. The van der Waals surface area contributed by atoms with E-state index in [0.29, 0.717) is 11.5 Å². The molecule has 1 fully saturated rings. The van der Waals surface area contributed by atoms with Crippen LogP contribution in [0.3, 0.4) is 0 Å². The minimum atomic E-state index is -0.308. The van der Waals surface area contributed by atoms with Gasteiger partial charge in [-0.2, -0.15) is 5.10 Å². The average Bonchev–Trinajstić information content (AvgIpc) is 3.76. The largest absolute Gasteiger partial charge is 0.321 e. The molecule has 1 aliphatic rings. The predicted octanol–water partition coefficient (Wildman–Crippen LogP) is 5.63. The highest BCUT2D eigenvalue weighted by atomic mass is 16.2. The molecule has 1 saturated carbocycles. The van der Waals surface area contributed by atoms with Crippen molar-refractivity contribution in [1.82, 2.24) is 20.2 Å². The first kappa shape index (κ1) is 24.2. The number of nitrogens with one attached hydrogen (secondary N) is 2. The second-order valence-corrected chi connectivity index (χ2v) is 9.64. The fourth-order valence-corrected chi connectivity index (χ4v) is 4.00. The van der Waals surface area contributed by atoms with E-state index in [9.17, 15) is 9.59 Å². The van der Waals surface area contributed by atoms with Crippen LogP contribution in [0.5, 0.6) is 0 Å². The number of aromatic nitrogens is 4. The second-order valence-electron chi connectivity index (χ2n) is 9.64. The fraction of sp³-hybridized carbons (Fsp3) is 0.241. The third-order valence-electron chi connectivity index (χ3n) is 6.40. The number of rotatable bonds is 7. The molecule has 1 aromatic carbocycles. The molecule has 8 nitrogen and oxygen atoms in total. The van der Waals surface area contributed by atoms with E-state index in [0.717, 1.165) is 46.4 Å². The Kier molecular flexibility index (Phi) is 6.72. The van der Waals surface area contributed by atoms with E-state index in [1.54, 1.807) is 24.7 Å². The Morgan fingerprint density at radius 3 is 2.49 bits per heavy atom. The van der Waals surface area contributed by atoms with Crippen molar-refractivity contribution < 1.29 is 9.59 Å². The van der Waals surface area contributed by atoms with Crippen molar-refractivity contribution in [1.29, 1.82) is 0 Å². The second kappa shape index (κ2) is 10.3. The molecule has 3 heterocycles. The lowest BCUT2D eigenvalue weighted by Crippen LogP contribution is -2.15. The zero-order valence-electron chi connectivity index (χ0n) is 21.0. The van der Waals surface area contributed by atoms with E-state index in [4.69, 9.17) is 0 Å². The van der Waals surface area contributed by atoms with E-state index >= 15 is 0 Å². The van der Waals surface area contributed by atoms with E-state index in [-0.39, 0.29) is 29.3 Å². The summed E-state index contributed by atoms with van der Waals surface area (Å²) in [5.41, 5.74) is 6.51. The van der Waals surface area contributed by atoms with Crippen molar-refractivity contribution in [3.05, 3.63) is 83.9 Å². The summed E-state index contributed by atoms with van der Waals surface area (Å²) in [4.78, 5) is 33.8. The first-order valence-corrected chi connectivity index (χ1v) is 12.4. The summed E-state index contributed by atoms with van der Waals surface area (Å²) in [6, 6.07) is 15.2. The maximum absolute atomic E-state index is 12.9. The summed E-state index contributed by atoms with van der Waals surface area (Å²) in [5.74, 6) is 0.585. The van der Waals surface area contributed by atoms with Crippen LogP contribution in [0, 0.1) is 12.8 Å². The van der Waals surface area contributed by atoms with Gasteiger partial charge in [0.1, 0.15) is 5.82 Å². The maximum atomic E-state index is 12.9. The Hall–Kier alpha value is -4.46. The molecule has 2 amide bonds. The molecule has 186 valence electrons. The highest BCUT2D eigenvalue weighted by Gasteiger charge is 2.29. The minimum absolute atomic E-state index is 0.0164. The summed E-state index contributed by atoms with van der Waals surface area (Å²) in [6.07, 6.45) is 6.98. The van der Waals surface area contributed by atoms with Crippen LogP contribution in [0.1, 0.15) is 54.2 Å². The topological polar surface area (TPSA) is 110 Å². The predicted molar refractivity (Wildman–Crippen MR) is 143 cm³/mol. The van der Waals surface area contributed by atoms with E-state index in [2.05, 4.69) is 30.8 Å². The van der Waals surface area contributed by atoms with Gasteiger partial charge in [-0.3, -0.25) is 14.6 Å². The lowest BCUT2D eigenvalue weighted by Gasteiger charge is -2.12. The fourth-order valence-electron chi connectivity index (χ4n) is 4.00. The summed E-state index contributed by atoms with van der Waals surface area (Å²) in [7, 11) is 0. The summed E-state index contributed by atoms with van der Waals surface area (Å²) < 4.78 is 0. The molecule has 2 N–H and O–H groups in total. The van der Waals surface area contributed by atoms with Gasteiger partial charge in [-0.05, 0) is 90.4 Å². The first-order valence-electron chi connectivity index (χ1n) is 12.4. The van der Waals surface area contributed by atoms with Crippen LogP contribution in [0.25, 0.3) is 22.4 Å². The zero-order chi connectivity index (χ0) is 25.9.